The summed E-state index contributed by atoms with van der Waals surface area (Å²) in [6.07, 6.45) is 14.7. The fourth-order valence-corrected chi connectivity index (χ4v) is 6.84. The van der Waals surface area contributed by atoms with Crippen LogP contribution >= 0.6 is 0 Å². The van der Waals surface area contributed by atoms with Gasteiger partial charge in [0.2, 0.25) is 0 Å². The molecule has 242 valence electrons. The maximum Gasteiger partial charge on any atom is 0.410 e. The van der Waals surface area contributed by atoms with Crippen LogP contribution in [-0.4, -0.2) is 79.4 Å². The zero-order chi connectivity index (χ0) is 31.7. The summed E-state index contributed by atoms with van der Waals surface area (Å²) < 4.78 is 9.22. The average Bonchev–Trinajstić information content (AvgIpc) is 3.65. The highest BCUT2D eigenvalue weighted by atomic mass is 16.6. The molecule has 5 heterocycles. The number of pyridine rings is 2. The molecule has 1 saturated carbocycles. The van der Waals surface area contributed by atoms with Crippen molar-refractivity contribution in [3.05, 3.63) is 53.3 Å². The molecule has 0 aromatic carbocycles. The van der Waals surface area contributed by atoms with Gasteiger partial charge < -0.3 is 19.4 Å². The van der Waals surface area contributed by atoms with Crippen molar-refractivity contribution >= 4 is 17.5 Å². The lowest BCUT2D eigenvalue weighted by molar-refractivity contribution is 0.00736. The molecule has 6 rings (SSSR count). The average molecular weight is 617 g/mol. The molecule has 0 spiro atoms. The van der Waals surface area contributed by atoms with Crippen molar-refractivity contribution < 1.29 is 9.53 Å². The Kier molecular flexibility index (Phi) is 8.88. The van der Waals surface area contributed by atoms with E-state index in [1.54, 1.807) is 15.3 Å². The Morgan fingerprint density at radius 2 is 1.87 bits per heavy atom. The molecular formula is C34H48N8O3. The van der Waals surface area contributed by atoms with E-state index >= 15 is 0 Å². The Morgan fingerprint density at radius 1 is 1.07 bits per heavy atom. The molecule has 0 radical (unpaired) electrons. The molecule has 3 aromatic heterocycles. The molecule has 3 aromatic rings. The van der Waals surface area contributed by atoms with Crippen LogP contribution in [0.15, 0.2) is 47.8 Å². The van der Waals surface area contributed by atoms with Crippen LogP contribution in [0, 0.1) is 5.92 Å². The smallest absolute Gasteiger partial charge is 0.410 e. The monoisotopic (exact) mass is 616 g/mol. The van der Waals surface area contributed by atoms with Gasteiger partial charge in [0.1, 0.15) is 17.5 Å². The van der Waals surface area contributed by atoms with Crippen LogP contribution in [0.5, 0.6) is 0 Å². The maximum atomic E-state index is 13.4. The van der Waals surface area contributed by atoms with E-state index in [1.165, 1.54) is 32.1 Å². The number of nitrogens with zero attached hydrogens (tertiary/aromatic N) is 8. The molecule has 2 aliphatic heterocycles. The molecule has 2 unspecified atom stereocenters. The van der Waals surface area contributed by atoms with Gasteiger partial charge in [0.05, 0.1) is 24.1 Å². The standard InChI is InChI=1S/C34H48N8O3/c1-24-9-7-15-39(24)30-17-27(19-35-20-30)31-23-42(37-36-31)25(2)40-16-13-28(18-32(40)43)38-14-8-12-29(22-38)41(21-26-10-6-11-26)33(44)45-34(3,4)5/h13,16-20,23-26,29H,6-12,14-15,21-22H2,1-5H3/t24?,25?,29-/m1/s1. The molecule has 2 saturated heterocycles. The number of aromatic nitrogens is 5. The SMILES string of the molecule is CC1CCCN1c1cncc(-c2cn(C(C)n3ccc(N4CCC[C@@H](N(CC5CCC5)C(=O)OC(C)(C)C)C4)cc3=O)nn2)c1. The molecule has 11 nitrogen and oxygen atoms in total. The number of ether oxygens (including phenoxy) is 1. The third-order valence-corrected chi connectivity index (χ3v) is 9.64. The van der Waals surface area contributed by atoms with Gasteiger partial charge in [0.25, 0.3) is 5.56 Å². The van der Waals surface area contributed by atoms with Crippen molar-refractivity contribution in [1.82, 2.24) is 29.4 Å². The van der Waals surface area contributed by atoms with Gasteiger partial charge in [-0.3, -0.25) is 14.3 Å². The highest BCUT2D eigenvalue weighted by Gasteiger charge is 2.34. The second-order valence-electron chi connectivity index (χ2n) is 14.1. The summed E-state index contributed by atoms with van der Waals surface area (Å²) in [5, 5.41) is 8.80. The third kappa shape index (κ3) is 7.02. The first kappa shape index (κ1) is 31.1. The van der Waals surface area contributed by atoms with Crippen LogP contribution in [-0.2, 0) is 4.74 Å². The number of hydrogen-bond acceptors (Lipinski definition) is 8. The number of hydrogen-bond donors (Lipinski definition) is 0. The van der Waals surface area contributed by atoms with Gasteiger partial charge in [-0.25, -0.2) is 9.48 Å². The van der Waals surface area contributed by atoms with Crippen molar-refractivity contribution in [2.45, 2.75) is 103 Å². The van der Waals surface area contributed by atoms with E-state index in [-0.39, 0.29) is 23.9 Å². The van der Waals surface area contributed by atoms with Crippen molar-refractivity contribution in [3.63, 3.8) is 0 Å². The second kappa shape index (κ2) is 12.8. The minimum atomic E-state index is -0.539. The lowest BCUT2D eigenvalue weighted by Gasteiger charge is -2.43. The minimum Gasteiger partial charge on any atom is -0.444 e. The van der Waals surface area contributed by atoms with Crippen LogP contribution in [0.25, 0.3) is 11.3 Å². The molecule has 3 atom stereocenters. The quantitative estimate of drug-likeness (QED) is 0.324. The molecule has 1 amide bonds. The highest BCUT2D eigenvalue weighted by molar-refractivity contribution is 5.69. The summed E-state index contributed by atoms with van der Waals surface area (Å²) in [5.41, 5.74) is 2.96. The lowest BCUT2D eigenvalue weighted by Crippen LogP contribution is -2.53. The topological polar surface area (TPSA) is 102 Å². The van der Waals surface area contributed by atoms with E-state index in [4.69, 9.17) is 4.74 Å². The summed E-state index contributed by atoms with van der Waals surface area (Å²) in [7, 11) is 0. The largest absolute Gasteiger partial charge is 0.444 e. The Hall–Kier alpha value is -3.89. The Morgan fingerprint density at radius 3 is 2.56 bits per heavy atom. The molecular weight excluding hydrogens is 568 g/mol. The maximum absolute atomic E-state index is 13.4. The molecule has 11 heteroatoms. The fourth-order valence-electron chi connectivity index (χ4n) is 6.84. The Bertz CT molecular complexity index is 1540. The summed E-state index contributed by atoms with van der Waals surface area (Å²) in [5.74, 6) is 0.546. The second-order valence-corrected chi connectivity index (χ2v) is 14.1. The van der Waals surface area contributed by atoms with E-state index in [2.05, 4.69) is 38.1 Å². The van der Waals surface area contributed by atoms with Crippen LogP contribution in [0.1, 0.15) is 85.7 Å². The summed E-state index contributed by atoms with van der Waals surface area (Å²) in [4.78, 5) is 37.8. The lowest BCUT2D eigenvalue weighted by atomic mass is 9.84. The van der Waals surface area contributed by atoms with Gasteiger partial charge >= 0.3 is 6.09 Å². The van der Waals surface area contributed by atoms with E-state index in [9.17, 15) is 9.59 Å². The Balaban J connectivity index is 1.15. The number of carbonyl (C=O) groups is 1. The van der Waals surface area contributed by atoms with Crippen LogP contribution in [0.2, 0.25) is 0 Å². The van der Waals surface area contributed by atoms with E-state index < -0.39 is 5.60 Å². The fraction of sp³-hybridized carbons (Fsp3) is 0.618. The molecule has 1 aliphatic carbocycles. The summed E-state index contributed by atoms with van der Waals surface area (Å²) in [6, 6.07) is 6.36. The van der Waals surface area contributed by atoms with Gasteiger partial charge in [-0.2, -0.15) is 0 Å². The van der Waals surface area contributed by atoms with Crippen molar-refractivity contribution in [2.75, 3.05) is 36.0 Å². The number of anilines is 2. The van der Waals surface area contributed by atoms with Crippen LogP contribution in [0.4, 0.5) is 16.2 Å². The number of carbonyl (C=O) groups excluding carboxylic acids is 1. The number of piperidine rings is 1. The summed E-state index contributed by atoms with van der Waals surface area (Å²) in [6.45, 7) is 13.2. The predicted molar refractivity (Wildman–Crippen MR) is 176 cm³/mol. The summed E-state index contributed by atoms with van der Waals surface area (Å²) >= 11 is 0. The molecule has 3 aliphatic rings. The van der Waals surface area contributed by atoms with Gasteiger partial charge in [0.15, 0.2) is 0 Å². The van der Waals surface area contributed by atoms with Crippen molar-refractivity contribution in [1.29, 1.82) is 0 Å². The molecule has 3 fully saturated rings. The van der Waals surface area contributed by atoms with Gasteiger partial charge in [-0.15, -0.1) is 5.10 Å². The van der Waals surface area contributed by atoms with Crippen molar-refractivity contribution in [3.8, 4) is 11.3 Å². The first-order chi connectivity index (χ1) is 21.6. The molecule has 45 heavy (non-hydrogen) atoms. The van der Waals surface area contributed by atoms with Crippen LogP contribution < -0.4 is 15.4 Å². The van der Waals surface area contributed by atoms with E-state index in [1.807, 2.05) is 63.4 Å². The Labute approximate surface area is 266 Å². The highest BCUT2D eigenvalue weighted by Crippen LogP contribution is 2.31. The van der Waals surface area contributed by atoms with Crippen molar-refractivity contribution in [2.24, 2.45) is 5.92 Å². The van der Waals surface area contributed by atoms with Gasteiger partial charge in [0, 0.05) is 61.9 Å². The normalized spacial score (nSPS) is 21.4. The molecule has 0 N–H and O–H groups in total. The zero-order valence-corrected chi connectivity index (χ0v) is 27.4. The van der Waals surface area contributed by atoms with Gasteiger partial charge in [-0.05, 0) is 91.2 Å². The minimum absolute atomic E-state index is 0.0470. The van der Waals surface area contributed by atoms with Gasteiger partial charge in [-0.1, -0.05) is 11.6 Å². The first-order valence-corrected chi connectivity index (χ1v) is 16.7. The first-order valence-electron chi connectivity index (χ1n) is 16.7. The number of amides is 1. The zero-order valence-electron chi connectivity index (χ0n) is 27.4. The predicted octanol–water partition coefficient (Wildman–Crippen LogP) is 5.56. The molecule has 0 bridgehead atoms. The van der Waals surface area contributed by atoms with E-state index in [0.29, 0.717) is 18.5 Å². The third-order valence-electron chi connectivity index (χ3n) is 9.64. The van der Waals surface area contributed by atoms with E-state index in [0.717, 1.165) is 55.1 Å². The van der Waals surface area contributed by atoms with Crippen LogP contribution in [0.3, 0.4) is 0 Å². The number of rotatable bonds is 8.